The number of hydrogen-bond acceptors (Lipinski definition) is 0. The predicted molar refractivity (Wildman–Crippen MR) is 112 cm³/mol. The van der Waals surface area contributed by atoms with Crippen LogP contribution in [0.3, 0.4) is 0 Å². The van der Waals surface area contributed by atoms with E-state index in [1.165, 1.54) is 29.3 Å². The van der Waals surface area contributed by atoms with Crippen LogP contribution in [0.2, 0.25) is 0 Å². The second-order valence-electron chi connectivity index (χ2n) is 6.53. The van der Waals surface area contributed by atoms with E-state index in [1.807, 2.05) is 13.8 Å². The van der Waals surface area contributed by atoms with Crippen molar-refractivity contribution >= 4 is 0 Å². The van der Waals surface area contributed by atoms with E-state index in [2.05, 4.69) is 38.1 Å². The summed E-state index contributed by atoms with van der Waals surface area (Å²) in [5.74, 6) is -2.52. The average molecular weight is 404 g/mol. The lowest BCUT2D eigenvalue weighted by Gasteiger charge is -1.96. The molecule has 3 aromatic carbocycles. The van der Waals surface area contributed by atoms with Gasteiger partial charge in [-0.25, -0.2) is 17.6 Å². The van der Waals surface area contributed by atoms with E-state index in [1.54, 1.807) is 6.07 Å². The Morgan fingerprint density at radius 2 is 1.14 bits per heavy atom. The molecule has 0 atom stereocenters. The van der Waals surface area contributed by atoms with Crippen molar-refractivity contribution in [3.63, 3.8) is 0 Å². The lowest BCUT2D eigenvalue weighted by Crippen LogP contribution is -1.87. The van der Waals surface area contributed by atoms with Gasteiger partial charge in [0.15, 0.2) is 11.6 Å². The van der Waals surface area contributed by atoms with Crippen LogP contribution in [0.4, 0.5) is 17.6 Å². The largest absolute Gasteiger partial charge is 0.207 e. The van der Waals surface area contributed by atoms with Crippen molar-refractivity contribution in [2.45, 2.75) is 47.0 Å². The molecule has 0 bridgehead atoms. The topological polar surface area (TPSA) is 0 Å². The minimum absolute atomic E-state index is 0.456. The third-order valence-corrected chi connectivity index (χ3v) is 4.32. The average Bonchev–Trinajstić information content (AvgIpc) is 2.72. The maximum Gasteiger partial charge on any atom is 0.159 e. The third kappa shape index (κ3) is 8.95. The van der Waals surface area contributed by atoms with Crippen molar-refractivity contribution in [1.29, 1.82) is 0 Å². The molecular weight excluding hydrogens is 376 g/mol. The van der Waals surface area contributed by atoms with Gasteiger partial charge in [0.25, 0.3) is 0 Å². The van der Waals surface area contributed by atoms with Gasteiger partial charge in [-0.15, -0.1) is 0 Å². The smallest absolute Gasteiger partial charge is 0.159 e. The SMILES string of the molecule is CCc1ccc(C)cc1.CCc1ccc(F)c(F)c1.CCc1ccc(F)cc1F. The highest BCUT2D eigenvalue weighted by atomic mass is 19.2. The number of hydrogen-bond donors (Lipinski definition) is 0. The van der Waals surface area contributed by atoms with Crippen LogP contribution >= 0.6 is 0 Å². The van der Waals surface area contributed by atoms with Crippen LogP contribution < -0.4 is 0 Å². The minimum Gasteiger partial charge on any atom is -0.207 e. The van der Waals surface area contributed by atoms with Gasteiger partial charge in [-0.05, 0) is 61.1 Å². The second kappa shape index (κ2) is 12.8. The molecular formula is C25H28F4. The summed E-state index contributed by atoms with van der Waals surface area (Å²) in [5.41, 5.74) is 4.13. The molecule has 0 amide bonds. The Hall–Kier alpha value is -2.62. The molecule has 0 unspecified atom stereocenters. The maximum absolute atomic E-state index is 12.6. The van der Waals surface area contributed by atoms with Crippen LogP contribution in [-0.2, 0) is 19.3 Å². The quantitative estimate of drug-likeness (QED) is 0.394. The zero-order chi connectivity index (χ0) is 21.8. The van der Waals surface area contributed by atoms with Crippen molar-refractivity contribution in [3.8, 4) is 0 Å². The molecule has 0 radical (unpaired) electrons. The van der Waals surface area contributed by atoms with Gasteiger partial charge in [-0.1, -0.05) is 62.7 Å². The molecule has 4 heteroatoms. The van der Waals surface area contributed by atoms with Crippen LogP contribution in [-0.4, -0.2) is 0 Å². The lowest BCUT2D eigenvalue weighted by atomic mass is 10.1. The normalized spacial score (nSPS) is 9.79. The highest BCUT2D eigenvalue weighted by Crippen LogP contribution is 2.09. The highest BCUT2D eigenvalue weighted by Gasteiger charge is 2.00. The molecule has 0 aromatic heterocycles. The van der Waals surface area contributed by atoms with Crippen molar-refractivity contribution in [2.75, 3.05) is 0 Å². The first-order valence-electron chi connectivity index (χ1n) is 9.74. The van der Waals surface area contributed by atoms with Crippen LogP contribution in [0.1, 0.15) is 43.0 Å². The molecule has 0 N–H and O–H groups in total. The molecule has 0 nitrogen and oxygen atoms in total. The van der Waals surface area contributed by atoms with Crippen molar-refractivity contribution in [3.05, 3.63) is 106 Å². The summed E-state index contributed by atoms with van der Waals surface area (Å²) in [4.78, 5) is 0. The summed E-state index contributed by atoms with van der Waals surface area (Å²) in [6.45, 7) is 8.01. The van der Waals surface area contributed by atoms with Gasteiger partial charge in [0.2, 0.25) is 0 Å². The van der Waals surface area contributed by atoms with E-state index in [0.717, 1.165) is 30.5 Å². The van der Waals surface area contributed by atoms with Gasteiger partial charge in [0, 0.05) is 6.07 Å². The predicted octanol–water partition coefficient (Wildman–Crippen LogP) is 7.61. The van der Waals surface area contributed by atoms with Gasteiger partial charge < -0.3 is 0 Å². The monoisotopic (exact) mass is 404 g/mol. The molecule has 0 aliphatic carbocycles. The molecule has 0 aliphatic rings. The van der Waals surface area contributed by atoms with Crippen LogP contribution in [0.5, 0.6) is 0 Å². The van der Waals surface area contributed by atoms with E-state index < -0.39 is 23.3 Å². The molecule has 0 saturated heterocycles. The first kappa shape index (κ1) is 24.4. The van der Waals surface area contributed by atoms with Crippen molar-refractivity contribution < 1.29 is 17.6 Å². The van der Waals surface area contributed by atoms with Gasteiger partial charge in [0.1, 0.15) is 11.6 Å². The Kier molecular flexibility index (Phi) is 10.7. The van der Waals surface area contributed by atoms with E-state index in [9.17, 15) is 17.6 Å². The van der Waals surface area contributed by atoms with Gasteiger partial charge in [-0.2, -0.15) is 0 Å². The molecule has 0 heterocycles. The summed E-state index contributed by atoms with van der Waals surface area (Å²) < 4.78 is 49.5. The fourth-order valence-corrected chi connectivity index (χ4v) is 2.39. The zero-order valence-corrected chi connectivity index (χ0v) is 17.4. The molecule has 0 fully saturated rings. The lowest BCUT2D eigenvalue weighted by molar-refractivity contribution is 0.507. The van der Waals surface area contributed by atoms with Gasteiger partial charge in [-0.3, -0.25) is 0 Å². The number of rotatable bonds is 3. The number of halogens is 4. The maximum atomic E-state index is 12.6. The van der Waals surface area contributed by atoms with Crippen LogP contribution in [0.15, 0.2) is 60.7 Å². The second-order valence-corrected chi connectivity index (χ2v) is 6.53. The Balaban J connectivity index is 0.000000218. The molecule has 3 rings (SSSR count). The molecule has 3 aromatic rings. The molecule has 29 heavy (non-hydrogen) atoms. The summed E-state index contributed by atoms with van der Waals surface area (Å²) in [6, 6.07) is 16.2. The zero-order valence-electron chi connectivity index (χ0n) is 17.4. The van der Waals surface area contributed by atoms with Crippen molar-refractivity contribution in [2.24, 2.45) is 0 Å². The minimum atomic E-state index is -0.780. The van der Waals surface area contributed by atoms with E-state index in [4.69, 9.17) is 0 Å². The van der Waals surface area contributed by atoms with Crippen molar-refractivity contribution in [1.82, 2.24) is 0 Å². The molecule has 0 aliphatic heterocycles. The van der Waals surface area contributed by atoms with Gasteiger partial charge >= 0.3 is 0 Å². The van der Waals surface area contributed by atoms with E-state index in [-0.39, 0.29) is 0 Å². The van der Waals surface area contributed by atoms with E-state index >= 15 is 0 Å². The van der Waals surface area contributed by atoms with Crippen LogP contribution in [0, 0.1) is 30.2 Å². The Morgan fingerprint density at radius 1 is 0.552 bits per heavy atom. The summed E-state index contributed by atoms with van der Waals surface area (Å²) in [6.07, 6.45) is 2.48. The molecule has 0 saturated carbocycles. The molecule has 156 valence electrons. The molecule has 0 spiro atoms. The first-order valence-corrected chi connectivity index (χ1v) is 9.74. The third-order valence-electron chi connectivity index (χ3n) is 4.32. The Bertz CT molecular complexity index is 870. The fraction of sp³-hybridized carbons (Fsp3) is 0.280. The standard InChI is InChI=1S/C9H12.2C8H8F2/c1-3-9-6-4-8(2)5-7-9;1-2-6-3-4-7(9)5-8(6)10;1-2-6-3-4-7(9)8(10)5-6/h4-7H,3H2,1-2H3;2*3-5H,2H2,1H3. The Morgan fingerprint density at radius 3 is 1.62 bits per heavy atom. The highest BCUT2D eigenvalue weighted by molar-refractivity contribution is 5.21. The fourth-order valence-electron chi connectivity index (χ4n) is 2.39. The van der Waals surface area contributed by atoms with Crippen LogP contribution in [0.25, 0.3) is 0 Å². The number of benzene rings is 3. The van der Waals surface area contributed by atoms with Gasteiger partial charge in [0.05, 0.1) is 0 Å². The Labute approximate surface area is 171 Å². The summed E-state index contributed by atoms with van der Waals surface area (Å²) in [5, 5.41) is 0. The summed E-state index contributed by atoms with van der Waals surface area (Å²) >= 11 is 0. The first-order chi connectivity index (χ1) is 13.8. The summed E-state index contributed by atoms with van der Waals surface area (Å²) in [7, 11) is 0. The van der Waals surface area contributed by atoms with E-state index in [0.29, 0.717) is 12.0 Å². The number of aryl methyl sites for hydroxylation is 4.